The Bertz CT molecular complexity index is 305. The Morgan fingerprint density at radius 2 is 2.00 bits per heavy atom. The summed E-state index contributed by atoms with van der Waals surface area (Å²) in [6, 6.07) is 8.42. The fourth-order valence-corrected chi connectivity index (χ4v) is 1.68. The lowest BCUT2D eigenvalue weighted by atomic mass is 10.1. The lowest BCUT2D eigenvalue weighted by molar-refractivity contribution is 0.505. The van der Waals surface area contributed by atoms with Gasteiger partial charge in [0.05, 0.1) is 6.26 Å². The molecule has 0 fully saturated rings. The Labute approximate surface area is 88.1 Å². The van der Waals surface area contributed by atoms with Crippen molar-refractivity contribution < 1.29 is 4.43 Å². The molecular formula is C12H18OSi. The van der Waals surface area contributed by atoms with Crippen LogP contribution in [-0.4, -0.2) is 9.04 Å². The summed E-state index contributed by atoms with van der Waals surface area (Å²) >= 11 is 0. The van der Waals surface area contributed by atoms with Gasteiger partial charge >= 0.3 is 0 Å². The second-order valence-corrected chi connectivity index (χ2v) is 5.91. The molecule has 0 bridgehead atoms. The number of aryl methyl sites for hydroxylation is 1. The fourth-order valence-electron chi connectivity index (χ4n) is 1.29. The molecule has 0 aliphatic heterocycles. The third kappa shape index (κ3) is 3.38. The van der Waals surface area contributed by atoms with Crippen molar-refractivity contribution in [2.24, 2.45) is 0 Å². The predicted octanol–water partition coefficient (Wildman–Crippen LogP) is 3.22. The molecule has 2 heteroatoms. The van der Waals surface area contributed by atoms with Crippen molar-refractivity contribution in [2.75, 3.05) is 0 Å². The summed E-state index contributed by atoms with van der Waals surface area (Å²) in [4.78, 5) is 0. The summed E-state index contributed by atoms with van der Waals surface area (Å²) in [6.45, 7) is 6.50. The summed E-state index contributed by atoms with van der Waals surface area (Å²) in [5, 5.41) is 0. The Hall–Kier alpha value is -1.02. The minimum Gasteiger partial charge on any atom is -0.552 e. The Morgan fingerprint density at radius 3 is 2.64 bits per heavy atom. The molecule has 0 atom stereocenters. The largest absolute Gasteiger partial charge is 0.552 e. The molecule has 1 nitrogen and oxygen atoms in total. The second-order valence-electron chi connectivity index (χ2n) is 3.54. The standard InChI is InChI=1S/C12H18OSi/c1-4-11-7-5-6-8-12(11)9-10-13-14(2)3/h5-10,14H,4H2,1-3H3. The molecule has 0 radical (unpaired) electrons. The van der Waals surface area contributed by atoms with E-state index in [1.165, 1.54) is 11.1 Å². The molecular weight excluding hydrogens is 188 g/mol. The van der Waals surface area contributed by atoms with Crippen LogP contribution in [0.1, 0.15) is 18.1 Å². The lowest BCUT2D eigenvalue weighted by Gasteiger charge is -2.04. The SMILES string of the molecule is CCc1ccccc1C=CO[SiH](C)C. The highest BCUT2D eigenvalue weighted by molar-refractivity contribution is 6.48. The lowest BCUT2D eigenvalue weighted by Crippen LogP contribution is -2.00. The van der Waals surface area contributed by atoms with E-state index in [2.05, 4.69) is 50.4 Å². The third-order valence-electron chi connectivity index (χ3n) is 2.03. The van der Waals surface area contributed by atoms with E-state index in [0.29, 0.717) is 0 Å². The van der Waals surface area contributed by atoms with Crippen molar-refractivity contribution >= 4 is 15.1 Å². The van der Waals surface area contributed by atoms with Crippen LogP contribution in [-0.2, 0) is 10.8 Å². The Morgan fingerprint density at radius 1 is 1.29 bits per heavy atom. The van der Waals surface area contributed by atoms with Gasteiger partial charge in [-0.2, -0.15) is 0 Å². The monoisotopic (exact) mass is 206 g/mol. The van der Waals surface area contributed by atoms with Crippen molar-refractivity contribution in [3.63, 3.8) is 0 Å². The minimum absolute atomic E-state index is 0.923. The molecule has 0 heterocycles. The molecule has 0 saturated carbocycles. The molecule has 0 aromatic heterocycles. The van der Waals surface area contributed by atoms with E-state index in [4.69, 9.17) is 4.43 Å². The molecule has 1 aromatic rings. The third-order valence-corrected chi connectivity index (χ3v) is 2.74. The average molecular weight is 206 g/mol. The Balaban J connectivity index is 2.70. The van der Waals surface area contributed by atoms with E-state index in [1.54, 1.807) is 0 Å². The quantitative estimate of drug-likeness (QED) is 0.543. The van der Waals surface area contributed by atoms with Gasteiger partial charge in [-0.25, -0.2) is 0 Å². The summed E-state index contributed by atoms with van der Waals surface area (Å²) in [7, 11) is -0.923. The van der Waals surface area contributed by atoms with Crippen LogP contribution < -0.4 is 0 Å². The van der Waals surface area contributed by atoms with Gasteiger partial charge in [0, 0.05) is 0 Å². The molecule has 1 rings (SSSR count). The smallest absolute Gasteiger partial charge is 0.228 e. The molecule has 14 heavy (non-hydrogen) atoms. The highest BCUT2D eigenvalue weighted by atomic mass is 28.3. The predicted molar refractivity (Wildman–Crippen MR) is 64.8 cm³/mol. The van der Waals surface area contributed by atoms with Crippen LogP contribution in [0.5, 0.6) is 0 Å². The summed E-state index contributed by atoms with van der Waals surface area (Å²) in [5.74, 6) is 0. The first-order valence-corrected chi connectivity index (χ1v) is 7.92. The van der Waals surface area contributed by atoms with Gasteiger partial charge < -0.3 is 4.43 Å². The van der Waals surface area contributed by atoms with Gasteiger partial charge in [0.15, 0.2) is 0 Å². The van der Waals surface area contributed by atoms with E-state index in [1.807, 2.05) is 6.26 Å². The highest BCUT2D eigenvalue weighted by Gasteiger charge is 1.95. The molecule has 0 unspecified atom stereocenters. The van der Waals surface area contributed by atoms with Crippen LogP contribution in [0.15, 0.2) is 30.5 Å². The van der Waals surface area contributed by atoms with Crippen LogP contribution in [0.3, 0.4) is 0 Å². The van der Waals surface area contributed by atoms with Crippen LogP contribution in [0.4, 0.5) is 0 Å². The van der Waals surface area contributed by atoms with Gasteiger partial charge in [-0.15, -0.1) is 0 Å². The van der Waals surface area contributed by atoms with Gasteiger partial charge in [-0.05, 0) is 36.7 Å². The van der Waals surface area contributed by atoms with E-state index in [-0.39, 0.29) is 0 Å². The summed E-state index contributed by atoms with van der Waals surface area (Å²) in [5.41, 5.74) is 2.64. The highest BCUT2D eigenvalue weighted by Crippen LogP contribution is 2.11. The van der Waals surface area contributed by atoms with Crippen LogP contribution in [0.25, 0.3) is 6.08 Å². The van der Waals surface area contributed by atoms with Crippen molar-refractivity contribution in [1.82, 2.24) is 0 Å². The summed E-state index contributed by atoms with van der Waals surface area (Å²) < 4.78 is 5.50. The summed E-state index contributed by atoms with van der Waals surface area (Å²) in [6.07, 6.45) is 4.97. The van der Waals surface area contributed by atoms with Gasteiger partial charge in [0.1, 0.15) is 0 Å². The van der Waals surface area contributed by atoms with Gasteiger partial charge in [0.25, 0.3) is 0 Å². The zero-order chi connectivity index (χ0) is 10.4. The number of rotatable bonds is 4. The van der Waals surface area contributed by atoms with E-state index >= 15 is 0 Å². The minimum atomic E-state index is -0.923. The Kier molecular flexibility index (Phi) is 4.46. The van der Waals surface area contributed by atoms with Crippen LogP contribution in [0, 0.1) is 0 Å². The van der Waals surface area contributed by atoms with E-state index in [0.717, 1.165) is 6.42 Å². The number of benzene rings is 1. The van der Waals surface area contributed by atoms with Crippen molar-refractivity contribution in [1.29, 1.82) is 0 Å². The molecule has 1 aromatic carbocycles. The van der Waals surface area contributed by atoms with Gasteiger partial charge in [0.2, 0.25) is 9.04 Å². The molecule has 0 saturated heterocycles. The first-order valence-electron chi connectivity index (χ1n) is 5.14. The molecule has 0 amide bonds. The number of hydrogen-bond acceptors (Lipinski definition) is 1. The maximum Gasteiger partial charge on any atom is 0.228 e. The molecule has 76 valence electrons. The molecule has 0 N–H and O–H groups in total. The van der Waals surface area contributed by atoms with Gasteiger partial charge in [-0.1, -0.05) is 31.2 Å². The fraction of sp³-hybridized carbons (Fsp3) is 0.333. The normalized spacial score (nSPS) is 11.1. The molecule has 0 aliphatic carbocycles. The van der Waals surface area contributed by atoms with Crippen molar-refractivity contribution in [2.45, 2.75) is 26.4 Å². The zero-order valence-electron chi connectivity index (χ0n) is 9.16. The van der Waals surface area contributed by atoms with E-state index < -0.39 is 9.04 Å². The zero-order valence-corrected chi connectivity index (χ0v) is 10.3. The van der Waals surface area contributed by atoms with E-state index in [9.17, 15) is 0 Å². The second kappa shape index (κ2) is 5.65. The first-order chi connectivity index (χ1) is 6.74. The maximum absolute atomic E-state index is 5.50. The average Bonchev–Trinajstić information content (AvgIpc) is 2.18. The number of hydrogen-bond donors (Lipinski definition) is 0. The van der Waals surface area contributed by atoms with Crippen LogP contribution in [0.2, 0.25) is 13.1 Å². The maximum atomic E-state index is 5.50. The molecule has 0 spiro atoms. The topological polar surface area (TPSA) is 9.23 Å². The molecule has 0 aliphatic rings. The van der Waals surface area contributed by atoms with Crippen molar-refractivity contribution in [3.05, 3.63) is 41.7 Å². The van der Waals surface area contributed by atoms with Gasteiger partial charge in [-0.3, -0.25) is 0 Å². The van der Waals surface area contributed by atoms with Crippen LogP contribution >= 0.6 is 0 Å². The first kappa shape index (κ1) is 11.1. The van der Waals surface area contributed by atoms with Crippen molar-refractivity contribution in [3.8, 4) is 0 Å².